The molecule has 8 nitrogen and oxygen atoms in total. The van der Waals surface area contributed by atoms with Crippen molar-refractivity contribution in [3.05, 3.63) is 59.9 Å². The number of anilines is 1. The van der Waals surface area contributed by atoms with Gasteiger partial charge in [-0.05, 0) is 29.5 Å². The summed E-state index contributed by atoms with van der Waals surface area (Å²) >= 11 is 0. The third kappa shape index (κ3) is 3.83. The Morgan fingerprint density at radius 2 is 1.84 bits per heavy atom. The van der Waals surface area contributed by atoms with Crippen LogP contribution in [0.1, 0.15) is 10.4 Å². The Hall–Kier alpha value is -3.62. The molecule has 0 saturated heterocycles. The number of carbonyl (C=O) groups is 2. The van der Waals surface area contributed by atoms with E-state index in [1.807, 2.05) is 0 Å². The predicted molar refractivity (Wildman–Crippen MR) is 86.8 cm³/mol. The first-order chi connectivity index (χ1) is 12.0. The molecule has 0 aliphatic rings. The molecule has 0 saturated carbocycles. The van der Waals surface area contributed by atoms with Crippen molar-refractivity contribution < 1.29 is 14.0 Å². The second-order valence-electron chi connectivity index (χ2n) is 5.11. The average molecular weight is 340 g/mol. The van der Waals surface area contributed by atoms with E-state index in [0.29, 0.717) is 11.1 Å². The molecule has 0 fully saturated rings. The van der Waals surface area contributed by atoms with E-state index in [1.165, 1.54) is 18.2 Å². The number of tetrazole rings is 1. The van der Waals surface area contributed by atoms with Crippen molar-refractivity contribution >= 4 is 17.5 Å². The Kier molecular flexibility index (Phi) is 4.46. The van der Waals surface area contributed by atoms with Gasteiger partial charge in [-0.2, -0.15) is 4.80 Å². The smallest absolute Gasteiger partial charge is 0.248 e. The third-order valence-electron chi connectivity index (χ3n) is 3.31. The zero-order valence-corrected chi connectivity index (χ0v) is 12.9. The van der Waals surface area contributed by atoms with Gasteiger partial charge in [-0.25, -0.2) is 4.39 Å². The lowest BCUT2D eigenvalue weighted by Crippen LogP contribution is -2.21. The van der Waals surface area contributed by atoms with Crippen molar-refractivity contribution in [3.8, 4) is 11.4 Å². The summed E-state index contributed by atoms with van der Waals surface area (Å²) in [5.74, 6) is -1.27. The average Bonchev–Trinajstić information content (AvgIpc) is 3.05. The van der Waals surface area contributed by atoms with Crippen LogP contribution in [0, 0.1) is 5.82 Å². The fourth-order valence-electron chi connectivity index (χ4n) is 2.09. The van der Waals surface area contributed by atoms with Gasteiger partial charge < -0.3 is 11.1 Å². The molecule has 0 radical (unpaired) electrons. The Morgan fingerprint density at radius 3 is 2.52 bits per heavy atom. The maximum Gasteiger partial charge on any atom is 0.248 e. The molecule has 0 aliphatic heterocycles. The summed E-state index contributed by atoms with van der Waals surface area (Å²) in [6.07, 6.45) is 0. The van der Waals surface area contributed by atoms with E-state index in [1.54, 1.807) is 30.3 Å². The molecule has 0 bridgehead atoms. The van der Waals surface area contributed by atoms with Gasteiger partial charge in [0.25, 0.3) is 0 Å². The maximum absolute atomic E-state index is 13.5. The normalized spacial score (nSPS) is 10.4. The molecule has 0 atom stereocenters. The van der Waals surface area contributed by atoms with E-state index in [-0.39, 0.29) is 18.1 Å². The number of para-hydroxylation sites is 1. The van der Waals surface area contributed by atoms with Gasteiger partial charge in [0, 0.05) is 11.1 Å². The highest BCUT2D eigenvalue weighted by molar-refractivity contribution is 5.93. The van der Waals surface area contributed by atoms with Crippen LogP contribution in [0.15, 0.2) is 48.5 Å². The number of hydrogen-bond acceptors (Lipinski definition) is 5. The van der Waals surface area contributed by atoms with Gasteiger partial charge in [0.2, 0.25) is 17.6 Å². The van der Waals surface area contributed by atoms with E-state index < -0.39 is 17.6 Å². The van der Waals surface area contributed by atoms with Gasteiger partial charge in [-0.3, -0.25) is 9.59 Å². The molecule has 2 aromatic carbocycles. The number of nitrogens with two attached hydrogens (primary N) is 1. The van der Waals surface area contributed by atoms with Gasteiger partial charge in [0.05, 0.1) is 5.69 Å². The summed E-state index contributed by atoms with van der Waals surface area (Å²) in [6.45, 7) is -0.222. The molecular weight excluding hydrogens is 327 g/mol. The minimum absolute atomic E-state index is 0.0786. The number of aromatic nitrogens is 4. The molecule has 25 heavy (non-hydrogen) atoms. The van der Waals surface area contributed by atoms with Crippen LogP contribution in [-0.2, 0) is 11.3 Å². The van der Waals surface area contributed by atoms with Crippen molar-refractivity contribution in [2.75, 3.05) is 5.32 Å². The Labute approximate surface area is 141 Å². The maximum atomic E-state index is 13.5. The van der Waals surface area contributed by atoms with Gasteiger partial charge in [0.1, 0.15) is 12.4 Å². The second-order valence-corrected chi connectivity index (χ2v) is 5.11. The molecular formula is C16H13FN6O2. The van der Waals surface area contributed by atoms with Crippen LogP contribution in [0.4, 0.5) is 10.1 Å². The molecule has 3 rings (SSSR count). The van der Waals surface area contributed by atoms with Gasteiger partial charge >= 0.3 is 0 Å². The molecule has 126 valence electrons. The number of nitrogens with one attached hydrogen (secondary N) is 1. The van der Waals surface area contributed by atoms with E-state index in [4.69, 9.17) is 5.73 Å². The predicted octanol–water partition coefficient (Wildman–Crippen LogP) is 1.22. The van der Waals surface area contributed by atoms with Crippen molar-refractivity contribution in [1.29, 1.82) is 0 Å². The molecule has 0 aliphatic carbocycles. The summed E-state index contributed by atoms with van der Waals surface area (Å²) in [5.41, 5.74) is 6.23. The van der Waals surface area contributed by atoms with E-state index >= 15 is 0 Å². The second kappa shape index (κ2) is 6.87. The van der Waals surface area contributed by atoms with Crippen molar-refractivity contribution in [2.24, 2.45) is 5.73 Å². The summed E-state index contributed by atoms with van der Waals surface area (Å²) < 4.78 is 13.5. The first kappa shape index (κ1) is 16.2. The van der Waals surface area contributed by atoms with E-state index in [0.717, 1.165) is 4.80 Å². The quantitative estimate of drug-likeness (QED) is 0.724. The lowest BCUT2D eigenvalue weighted by atomic mass is 10.1. The topological polar surface area (TPSA) is 116 Å². The number of nitrogens with zero attached hydrogens (tertiary/aromatic N) is 4. The highest BCUT2D eigenvalue weighted by Crippen LogP contribution is 2.15. The first-order valence-electron chi connectivity index (χ1n) is 7.25. The molecule has 1 aromatic heterocycles. The monoisotopic (exact) mass is 340 g/mol. The minimum Gasteiger partial charge on any atom is -0.366 e. The van der Waals surface area contributed by atoms with Crippen molar-refractivity contribution in [1.82, 2.24) is 20.2 Å². The van der Waals surface area contributed by atoms with Crippen LogP contribution in [0.2, 0.25) is 0 Å². The van der Waals surface area contributed by atoms with Gasteiger partial charge in [-0.15, -0.1) is 10.2 Å². The van der Waals surface area contributed by atoms with Crippen LogP contribution in [0.5, 0.6) is 0 Å². The van der Waals surface area contributed by atoms with E-state index in [2.05, 4.69) is 20.7 Å². The number of halogens is 1. The van der Waals surface area contributed by atoms with E-state index in [9.17, 15) is 14.0 Å². The van der Waals surface area contributed by atoms with Crippen LogP contribution < -0.4 is 11.1 Å². The molecule has 0 unspecified atom stereocenters. The van der Waals surface area contributed by atoms with Crippen LogP contribution >= 0.6 is 0 Å². The van der Waals surface area contributed by atoms with Gasteiger partial charge in [-0.1, -0.05) is 24.3 Å². The molecule has 0 spiro atoms. The number of benzene rings is 2. The Balaban J connectivity index is 1.68. The fraction of sp³-hybridized carbons (Fsp3) is 0.0625. The van der Waals surface area contributed by atoms with Crippen LogP contribution in [-0.4, -0.2) is 32.0 Å². The number of rotatable bonds is 5. The summed E-state index contributed by atoms with van der Waals surface area (Å²) in [6, 6.07) is 12.2. The molecule has 3 aromatic rings. The number of carbonyl (C=O) groups excluding carboxylic acids is 2. The fourth-order valence-corrected chi connectivity index (χ4v) is 2.09. The van der Waals surface area contributed by atoms with Crippen molar-refractivity contribution in [3.63, 3.8) is 0 Å². The third-order valence-corrected chi connectivity index (χ3v) is 3.31. The largest absolute Gasteiger partial charge is 0.366 e. The zero-order valence-electron chi connectivity index (χ0n) is 12.9. The molecule has 9 heteroatoms. The SMILES string of the molecule is NC(=O)c1ccc(-c2nnn(CC(=O)Nc3ccccc3F)n2)cc1. The standard InChI is InChI=1S/C16H13FN6O2/c17-12-3-1-2-4-13(12)19-14(24)9-23-21-16(20-22-23)11-7-5-10(6-8-11)15(18)25/h1-8H,9H2,(H2,18,25)(H,19,24). The van der Waals surface area contributed by atoms with Crippen LogP contribution in [0.3, 0.4) is 0 Å². The summed E-state index contributed by atoms with van der Waals surface area (Å²) in [7, 11) is 0. The number of hydrogen-bond donors (Lipinski definition) is 2. The number of primary amides is 1. The summed E-state index contributed by atoms with van der Waals surface area (Å²) in [5, 5.41) is 14.2. The first-order valence-corrected chi connectivity index (χ1v) is 7.25. The Bertz CT molecular complexity index is 922. The lowest BCUT2D eigenvalue weighted by Gasteiger charge is -2.04. The highest BCUT2D eigenvalue weighted by atomic mass is 19.1. The minimum atomic E-state index is -0.534. The highest BCUT2D eigenvalue weighted by Gasteiger charge is 2.11. The molecule has 3 N–H and O–H groups in total. The van der Waals surface area contributed by atoms with Crippen molar-refractivity contribution in [2.45, 2.75) is 6.54 Å². The zero-order chi connectivity index (χ0) is 17.8. The molecule has 2 amide bonds. The molecule has 1 heterocycles. The lowest BCUT2D eigenvalue weighted by molar-refractivity contribution is -0.117. The van der Waals surface area contributed by atoms with Gasteiger partial charge in [0.15, 0.2) is 0 Å². The Morgan fingerprint density at radius 1 is 1.12 bits per heavy atom. The van der Waals surface area contributed by atoms with Crippen LogP contribution in [0.25, 0.3) is 11.4 Å². The number of amides is 2. The summed E-state index contributed by atoms with van der Waals surface area (Å²) in [4.78, 5) is 24.1.